The van der Waals surface area contributed by atoms with Crippen LogP contribution in [0.3, 0.4) is 0 Å². The van der Waals surface area contributed by atoms with Gasteiger partial charge in [-0.25, -0.2) is 4.98 Å². The predicted molar refractivity (Wildman–Crippen MR) is 106 cm³/mol. The van der Waals surface area contributed by atoms with Gasteiger partial charge in [-0.15, -0.1) is 0 Å². The molecule has 1 amide bonds. The van der Waals surface area contributed by atoms with E-state index in [2.05, 4.69) is 49.2 Å². The van der Waals surface area contributed by atoms with E-state index < -0.39 is 0 Å². The SMILES string of the molecule is CCc1ccc2nc(N3CCC(C(=O)NCCC(C)C)CC3)sc2c1. The van der Waals surface area contributed by atoms with Gasteiger partial charge in [-0.2, -0.15) is 0 Å². The minimum atomic E-state index is 0.157. The number of nitrogens with zero attached hydrogens (tertiary/aromatic N) is 2. The van der Waals surface area contributed by atoms with Crippen LogP contribution in [0.2, 0.25) is 0 Å². The van der Waals surface area contributed by atoms with Gasteiger partial charge in [0.05, 0.1) is 10.2 Å². The monoisotopic (exact) mass is 359 g/mol. The number of aromatic nitrogens is 1. The number of carbonyl (C=O) groups is 1. The Kier molecular flexibility index (Phi) is 5.94. The molecule has 2 aromatic rings. The molecule has 3 rings (SSSR count). The lowest BCUT2D eigenvalue weighted by Crippen LogP contribution is -2.40. The Morgan fingerprint density at radius 1 is 1.36 bits per heavy atom. The van der Waals surface area contributed by atoms with E-state index in [1.807, 2.05) is 0 Å². The average molecular weight is 360 g/mol. The zero-order valence-electron chi connectivity index (χ0n) is 15.5. The Labute approximate surface area is 154 Å². The van der Waals surface area contributed by atoms with Crippen molar-refractivity contribution >= 4 is 32.6 Å². The predicted octanol–water partition coefficient (Wildman–Crippen LogP) is 4.24. The average Bonchev–Trinajstić information content (AvgIpc) is 3.04. The van der Waals surface area contributed by atoms with Crippen molar-refractivity contribution in [3.8, 4) is 0 Å². The second-order valence-electron chi connectivity index (χ2n) is 7.39. The highest BCUT2D eigenvalue weighted by Crippen LogP contribution is 2.32. The maximum absolute atomic E-state index is 12.3. The molecule has 0 atom stereocenters. The number of fused-ring (bicyclic) bond motifs is 1. The van der Waals surface area contributed by atoms with Crippen LogP contribution in [0.15, 0.2) is 18.2 Å². The minimum absolute atomic E-state index is 0.157. The van der Waals surface area contributed by atoms with Gasteiger partial charge in [0.25, 0.3) is 0 Å². The molecule has 0 saturated carbocycles. The molecule has 136 valence electrons. The van der Waals surface area contributed by atoms with Crippen molar-refractivity contribution in [1.29, 1.82) is 0 Å². The molecule has 1 aromatic heterocycles. The number of carbonyl (C=O) groups excluding carboxylic acids is 1. The Hall–Kier alpha value is -1.62. The first-order valence-corrected chi connectivity index (χ1v) is 10.3. The summed E-state index contributed by atoms with van der Waals surface area (Å²) in [5.41, 5.74) is 2.45. The number of amides is 1. The molecule has 0 bridgehead atoms. The summed E-state index contributed by atoms with van der Waals surface area (Å²) in [6.07, 6.45) is 3.95. The number of rotatable bonds is 6. The van der Waals surface area contributed by atoms with Gasteiger partial charge in [0, 0.05) is 25.6 Å². The second-order valence-corrected chi connectivity index (χ2v) is 8.40. The lowest BCUT2D eigenvalue weighted by molar-refractivity contribution is -0.125. The number of hydrogen-bond acceptors (Lipinski definition) is 4. The third-order valence-corrected chi connectivity index (χ3v) is 6.09. The maximum Gasteiger partial charge on any atom is 0.223 e. The van der Waals surface area contributed by atoms with Crippen LogP contribution in [0.25, 0.3) is 10.2 Å². The fraction of sp³-hybridized carbons (Fsp3) is 0.600. The first-order chi connectivity index (χ1) is 12.1. The van der Waals surface area contributed by atoms with Crippen LogP contribution >= 0.6 is 11.3 Å². The number of thiazole rings is 1. The zero-order valence-corrected chi connectivity index (χ0v) is 16.4. The normalized spacial score (nSPS) is 15.9. The Morgan fingerprint density at radius 3 is 2.80 bits per heavy atom. The molecule has 1 aliphatic rings. The highest BCUT2D eigenvalue weighted by molar-refractivity contribution is 7.22. The van der Waals surface area contributed by atoms with Crippen molar-refractivity contribution in [1.82, 2.24) is 10.3 Å². The molecule has 0 spiro atoms. The summed E-state index contributed by atoms with van der Waals surface area (Å²) in [4.78, 5) is 19.4. The topological polar surface area (TPSA) is 45.2 Å². The van der Waals surface area contributed by atoms with Gasteiger partial charge in [-0.05, 0) is 49.3 Å². The zero-order chi connectivity index (χ0) is 17.8. The molecule has 0 aliphatic carbocycles. The van der Waals surface area contributed by atoms with Crippen molar-refractivity contribution in [2.75, 3.05) is 24.5 Å². The Balaban J connectivity index is 1.56. The fourth-order valence-electron chi connectivity index (χ4n) is 3.27. The Bertz CT molecular complexity index is 717. The molecule has 2 heterocycles. The molecule has 1 aromatic carbocycles. The molecule has 0 unspecified atom stereocenters. The van der Waals surface area contributed by atoms with E-state index in [9.17, 15) is 4.79 Å². The van der Waals surface area contributed by atoms with Gasteiger partial charge in [0.15, 0.2) is 5.13 Å². The highest BCUT2D eigenvalue weighted by Gasteiger charge is 2.26. The van der Waals surface area contributed by atoms with E-state index in [4.69, 9.17) is 4.98 Å². The Morgan fingerprint density at radius 2 is 2.12 bits per heavy atom. The third kappa shape index (κ3) is 4.51. The quantitative estimate of drug-likeness (QED) is 0.839. The van der Waals surface area contributed by atoms with Gasteiger partial charge in [-0.3, -0.25) is 4.79 Å². The molecular weight excluding hydrogens is 330 g/mol. The summed E-state index contributed by atoms with van der Waals surface area (Å²) in [6.45, 7) is 9.19. The van der Waals surface area contributed by atoms with E-state index in [0.717, 1.165) is 56.0 Å². The largest absolute Gasteiger partial charge is 0.356 e. The number of anilines is 1. The summed E-state index contributed by atoms with van der Waals surface area (Å²) in [5, 5.41) is 4.20. The van der Waals surface area contributed by atoms with Gasteiger partial charge in [0.2, 0.25) is 5.91 Å². The second kappa shape index (κ2) is 8.17. The maximum atomic E-state index is 12.3. The van der Waals surface area contributed by atoms with Crippen LogP contribution in [-0.4, -0.2) is 30.5 Å². The number of aryl methyl sites for hydroxylation is 1. The lowest BCUT2D eigenvalue weighted by Gasteiger charge is -2.31. The number of benzene rings is 1. The summed E-state index contributed by atoms with van der Waals surface area (Å²) >= 11 is 1.77. The number of piperidine rings is 1. The smallest absolute Gasteiger partial charge is 0.223 e. The van der Waals surface area contributed by atoms with Gasteiger partial charge in [-0.1, -0.05) is 38.2 Å². The molecule has 4 nitrogen and oxygen atoms in total. The van der Waals surface area contributed by atoms with E-state index >= 15 is 0 Å². The van der Waals surface area contributed by atoms with E-state index in [-0.39, 0.29) is 11.8 Å². The van der Waals surface area contributed by atoms with E-state index in [1.54, 1.807) is 11.3 Å². The third-order valence-electron chi connectivity index (χ3n) is 5.01. The molecule has 25 heavy (non-hydrogen) atoms. The summed E-state index contributed by atoms with van der Waals surface area (Å²) in [5.74, 6) is 1.02. The first kappa shape index (κ1) is 18.2. The molecule has 1 saturated heterocycles. The fourth-order valence-corrected chi connectivity index (χ4v) is 4.35. The molecular formula is C20H29N3OS. The van der Waals surface area contributed by atoms with Crippen LogP contribution < -0.4 is 10.2 Å². The highest BCUT2D eigenvalue weighted by atomic mass is 32.1. The van der Waals surface area contributed by atoms with Crippen molar-refractivity contribution < 1.29 is 4.79 Å². The molecule has 1 aliphatic heterocycles. The van der Waals surface area contributed by atoms with Crippen molar-refractivity contribution in [3.05, 3.63) is 23.8 Å². The van der Waals surface area contributed by atoms with Crippen LogP contribution in [-0.2, 0) is 11.2 Å². The lowest BCUT2D eigenvalue weighted by atomic mass is 9.96. The van der Waals surface area contributed by atoms with Crippen LogP contribution in [0.4, 0.5) is 5.13 Å². The van der Waals surface area contributed by atoms with E-state index in [1.165, 1.54) is 10.3 Å². The van der Waals surface area contributed by atoms with Crippen LogP contribution in [0.1, 0.15) is 45.6 Å². The molecule has 5 heteroatoms. The van der Waals surface area contributed by atoms with Crippen molar-refractivity contribution in [2.24, 2.45) is 11.8 Å². The summed E-state index contributed by atoms with van der Waals surface area (Å²) in [6, 6.07) is 6.55. The van der Waals surface area contributed by atoms with E-state index in [0.29, 0.717) is 5.92 Å². The number of hydrogen-bond donors (Lipinski definition) is 1. The summed E-state index contributed by atoms with van der Waals surface area (Å²) in [7, 11) is 0. The molecule has 0 radical (unpaired) electrons. The minimum Gasteiger partial charge on any atom is -0.356 e. The van der Waals surface area contributed by atoms with Gasteiger partial charge < -0.3 is 10.2 Å². The van der Waals surface area contributed by atoms with Crippen molar-refractivity contribution in [2.45, 2.75) is 46.5 Å². The first-order valence-electron chi connectivity index (χ1n) is 9.49. The number of nitrogens with one attached hydrogen (secondary N) is 1. The molecule has 1 fully saturated rings. The van der Waals surface area contributed by atoms with Gasteiger partial charge >= 0.3 is 0 Å². The van der Waals surface area contributed by atoms with Gasteiger partial charge in [0.1, 0.15) is 0 Å². The van der Waals surface area contributed by atoms with Crippen LogP contribution in [0.5, 0.6) is 0 Å². The van der Waals surface area contributed by atoms with Crippen molar-refractivity contribution in [3.63, 3.8) is 0 Å². The van der Waals surface area contributed by atoms with Crippen LogP contribution in [0, 0.1) is 11.8 Å². The standard InChI is InChI=1S/C20H29N3OS/c1-4-15-5-6-17-18(13-15)25-20(22-17)23-11-8-16(9-12-23)19(24)21-10-7-14(2)3/h5-6,13-14,16H,4,7-12H2,1-3H3,(H,21,24). The summed E-state index contributed by atoms with van der Waals surface area (Å²) < 4.78 is 1.27. The molecule has 1 N–H and O–H groups in total.